The summed E-state index contributed by atoms with van der Waals surface area (Å²) < 4.78 is 13.1. The van der Waals surface area contributed by atoms with Crippen molar-refractivity contribution in [1.82, 2.24) is 0 Å². The van der Waals surface area contributed by atoms with Crippen LogP contribution in [0.25, 0.3) is 0 Å². The maximum absolute atomic E-state index is 13.1. The molecule has 0 aliphatic heterocycles. The Kier molecular flexibility index (Phi) is 5.62. The number of alkyl halides is 1. The first kappa shape index (κ1) is 13.8. The maximum Gasteiger partial charge on any atom is 0.123 e. The minimum atomic E-state index is -0.177. The van der Waals surface area contributed by atoms with Gasteiger partial charge in [0.2, 0.25) is 0 Å². The van der Waals surface area contributed by atoms with E-state index in [-0.39, 0.29) is 5.82 Å². The Morgan fingerprint density at radius 1 is 1.50 bits per heavy atom. The molecule has 0 spiro atoms. The summed E-state index contributed by atoms with van der Waals surface area (Å²) in [5.41, 5.74) is 2.09. The first-order valence-electron chi connectivity index (χ1n) is 5.16. The molecule has 1 atom stereocenters. The molecule has 0 aliphatic rings. The second-order valence-corrected chi connectivity index (χ2v) is 5.29. The van der Waals surface area contributed by atoms with Crippen molar-refractivity contribution in [1.29, 1.82) is 0 Å². The number of hydrogen-bond acceptors (Lipinski definition) is 2. The van der Waals surface area contributed by atoms with Gasteiger partial charge in [-0.25, -0.2) is 4.39 Å². The molecule has 1 unspecified atom stereocenters. The first-order valence-corrected chi connectivity index (χ1v) is 7.67. The maximum atomic E-state index is 13.1. The second-order valence-electron chi connectivity index (χ2n) is 3.82. The fourth-order valence-corrected chi connectivity index (χ4v) is 2.75. The van der Waals surface area contributed by atoms with Gasteiger partial charge in [0.15, 0.2) is 0 Å². The summed E-state index contributed by atoms with van der Waals surface area (Å²) in [5.74, 6) is 0.888. The quantitative estimate of drug-likeness (QED) is 0.759. The topological polar surface area (TPSA) is 3.24 Å². The van der Waals surface area contributed by atoms with Crippen molar-refractivity contribution >= 4 is 33.4 Å². The van der Waals surface area contributed by atoms with E-state index in [0.717, 1.165) is 17.0 Å². The Bertz CT molecular complexity index is 346. The van der Waals surface area contributed by atoms with E-state index in [2.05, 4.69) is 41.1 Å². The Morgan fingerprint density at radius 2 is 2.19 bits per heavy atom. The molecule has 0 amide bonds. The third-order valence-electron chi connectivity index (χ3n) is 2.63. The number of benzene rings is 1. The van der Waals surface area contributed by atoms with Gasteiger partial charge in [-0.2, -0.15) is 11.8 Å². The second kappa shape index (κ2) is 6.50. The SMILES string of the molecule is CSCC(C)N(C)c1ccc(F)cc1CBr. The molecule has 1 aromatic carbocycles. The highest BCUT2D eigenvalue weighted by Crippen LogP contribution is 2.25. The standard InChI is InChI=1S/C12H17BrFNS/c1-9(8-16-3)15(2)12-5-4-11(14)6-10(12)7-13/h4-6,9H,7-8H2,1-3H3. The molecule has 0 aromatic heterocycles. The lowest BCUT2D eigenvalue weighted by Gasteiger charge is -2.28. The van der Waals surface area contributed by atoms with Crippen molar-refractivity contribution in [3.63, 3.8) is 0 Å². The van der Waals surface area contributed by atoms with E-state index in [1.165, 1.54) is 6.07 Å². The molecule has 16 heavy (non-hydrogen) atoms. The molecule has 0 saturated heterocycles. The Labute approximate surface area is 110 Å². The highest BCUT2D eigenvalue weighted by atomic mass is 79.9. The summed E-state index contributed by atoms with van der Waals surface area (Å²) in [6.45, 7) is 2.18. The molecular weight excluding hydrogens is 289 g/mol. The van der Waals surface area contributed by atoms with Crippen molar-refractivity contribution in [2.75, 3.05) is 24.0 Å². The fourth-order valence-electron chi connectivity index (χ4n) is 1.60. The molecule has 0 saturated carbocycles. The van der Waals surface area contributed by atoms with Crippen LogP contribution in [-0.2, 0) is 5.33 Å². The van der Waals surface area contributed by atoms with Crippen molar-refractivity contribution in [2.24, 2.45) is 0 Å². The van der Waals surface area contributed by atoms with E-state index in [1.807, 2.05) is 17.8 Å². The van der Waals surface area contributed by atoms with Gasteiger partial charge in [-0.05, 0) is 36.9 Å². The summed E-state index contributed by atoms with van der Waals surface area (Å²) in [6.07, 6.45) is 2.10. The summed E-state index contributed by atoms with van der Waals surface area (Å²) in [5, 5.41) is 0.677. The highest BCUT2D eigenvalue weighted by molar-refractivity contribution is 9.08. The van der Waals surface area contributed by atoms with E-state index in [9.17, 15) is 4.39 Å². The number of hydrogen-bond donors (Lipinski definition) is 0. The number of halogens is 2. The molecule has 4 heteroatoms. The zero-order valence-electron chi connectivity index (χ0n) is 9.84. The van der Waals surface area contributed by atoms with E-state index in [0.29, 0.717) is 11.4 Å². The molecule has 1 rings (SSSR count). The molecular formula is C12H17BrFNS. The van der Waals surface area contributed by atoms with Gasteiger partial charge in [-0.1, -0.05) is 15.9 Å². The molecule has 0 radical (unpaired) electrons. The van der Waals surface area contributed by atoms with Gasteiger partial charge in [-0.3, -0.25) is 0 Å². The van der Waals surface area contributed by atoms with Crippen molar-refractivity contribution in [2.45, 2.75) is 18.3 Å². The van der Waals surface area contributed by atoms with Gasteiger partial charge in [0.1, 0.15) is 5.82 Å². The fraction of sp³-hybridized carbons (Fsp3) is 0.500. The molecule has 90 valence electrons. The predicted molar refractivity (Wildman–Crippen MR) is 75.3 cm³/mol. The third kappa shape index (κ3) is 3.39. The smallest absolute Gasteiger partial charge is 0.123 e. The number of rotatable bonds is 5. The Hall–Kier alpha value is -0.220. The summed E-state index contributed by atoms with van der Waals surface area (Å²) >= 11 is 5.22. The third-order valence-corrected chi connectivity index (χ3v) is 4.05. The Balaban J connectivity index is 2.93. The van der Waals surface area contributed by atoms with Gasteiger partial charge in [-0.15, -0.1) is 0 Å². The minimum Gasteiger partial charge on any atom is -0.371 e. The van der Waals surface area contributed by atoms with Gasteiger partial charge >= 0.3 is 0 Å². The van der Waals surface area contributed by atoms with Gasteiger partial charge in [0.05, 0.1) is 0 Å². The highest BCUT2D eigenvalue weighted by Gasteiger charge is 2.13. The van der Waals surface area contributed by atoms with Crippen LogP contribution in [0.1, 0.15) is 12.5 Å². The van der Waals surface area contributed by atoms with E-state index < -0.39 is 0 Å². The lowest BCUT2D eigenvalue weighted by Crippen LogP contribution is -2.31. The van der Waals surface area contributed by atoms with Gasteiger partial charge in [0.25, 0.3) is 0 Å². The molecule has 0 heterocycles. The van der Waals surface area contributed by atoms with Gasteiger partial charge in [0, 0.05) is 29.9 Å². The van der Waals surface area contributed by atoms with Crippen LogP contribution in [0.5, 0.6) is 0 Å². The van der Waals surface area contributed by atoms with Crippen LogP contribution in [0, 0.1) is 5.82 Å². The largest absolute Gasteiger partial charge is 0.371 e. The first-order chi connectivity index (χ1) is 7.60. The molecule has 0 fully saturated rings. The zero-order valence-corrected chi connectivity index (χ0v) is 12.2. The molecule has 1 nitrogen and oxygen atoms in total. The molecule has 1 aromatic rings. The van der Waals surface area contributed by atoms with Crippen LogP contribution in [0.4, 0.5) is 10.1 Å². The molecule has 0 aliphatic carbocycles. The lowest BCUT2D eigenvalue weighted by atomic mass is 10.1. The van der Waals surface area contributed by atoms with Crippen LogP contribution in [0.2, 0.25) is 0 Å². The summed E-state index contributed by atoms with van der Waals surface area (Å²) in [6, 6.07) is 5.40. The van der Waals surface area contributed by atoms with E-state index in [4.69, 9.17) is 0 Å². The zero-order chi connectivity index (χ0) is 12.1. The number of nitrogens with zero attached hydrogens (tertiary/aromatic N) is 1. The minimum absolute atomic E-state index is 0.177. The van der Waals surface area contributed by atoms with Crippen molar-refractivity contribution in [3.05, 3.63) is 29.6 Å². The monoisotopic (exact) mass is 305 g/mol. The summed E-state index contributed by atoms with van der Waals surface area (Å²) in [4.78, 5) is 2.20. The van der Waals surface area contributed by atoms with E-state index in [1.54, 1.807) is 6.07 Å². The van der Waals surface area contributed by atoms with Crippen molar-refractivity contribution < 1.29 is 4.39 Å². The normalized spacial score (nSPS) is 12.6. The number of anilines is 1. The van der Waals surface area contributed by atoms with E-state index >= 15 is 0 Å². The lowest BCUT2D eigenvalue weighted by molar-refractivity contribution is 0.625. The van der Waals surface area contributed by atoms with Crippen LogP contribution >= 0.6 is 27.7 Å². The van der Waals surface area contributed by atoms with Crippen LogP contribution in [0.3, 0.4) is 0 Å². The molecule has 0 bridgehead atoms. The number of thioether (sulfide) groups is 1. The average molecular weight is 306 g/mol. The van der Waals surface area contributed by atoms with Crippen LogP contribution < -0.4 is 4.90 Å². The van der Waals surface area contributed by atoms with Crippen LogP contribution in [0.15, 0.2) is 18.2 Å². The van der Waals surface area contributed by atoms with Gasteiger partial charge < -0.3 is 4.90 Å². The van der Waals surface area contributed by atoms with Crippen molar-refractivity contribution in [3.8, 4) is 0 Å². The summed E-state index contributed by atoms with van der Waals surface area (Å²) in [7, 11) is 2.06. The Morgan fingerprint density at radius 3 is 2.75 bits per heavy atom. The van der Waals surface area contributed by atoms with Crippen LogP contribution in [-0.4, -0.2) is 25.1 Å². The molecule has 0 N–H and O–H groups in total. The average Bonchev–Trinajstić information content (AvgIpc) is 2.28. The predicted octanol–water partition coefficient (Wildman–Crippen LogP) is 3.91.